The first-order chi connectivity index (χ1) is 21.5. The summed E-state index contributed by atoms with van der Waals surface area (Å²) in [7, 11) is 0. The molecule has 0 spiro atoms. The quantitative estimate of drug-likeness (QED) is 0.135. The van der Waals surface area contributed by atoms with E-state index in [1.807, 2.05) is 42.5 Å². The van der Waals surface area contributed by atoms with Crippen LogP contribution >= 0.6 is 0 Å². The lowest BCUT2D eigenvalue weighted by molar-refractivity contribution is -0.149. The lowest BCUT2D eigenvalue weighted by Crippen LogP contribution is -2.43. The third-order valence-electron chi connectivity index (χ3n) is 8.21. The molecule has 1 heterocycles. The average molecular weight is 609 g/mol. The Morgan fingerprint density at radius 2 is 1.48 bits per heavy atom. The van der Waals surface area contributed by atoms with Crippen LogP contribution in [-0.4, -0.2) is 55.4 Å². The van der Waals surface area contributed by atoms with Gasteiger partial charge in [0.2, 0.25) is 0 Å². The molecule has 1 aliphatic rings. The lowest BCUT2D eigenvalue weighted by atomic mass is 9.98. The summed E-state index contributed by atoms with van der Waals surface area (Å²) in [4.78, 5) is 38.8. The second kappa shape index (κ2) is 20.4. The Morgan fingerprint density at radius 1 is 0.818 bits per heavy atom. The van der Waals surface area contributed by atoms with E-state index in [0.29, 0.717) is 44.8 Å². The molecule has 0 radical (unpaired) electrons. The summed E-state index contributed by atoms with van der Waals surface area (Å²) in [6.45, 7) is 6.22. The van der Waals surface area contributed by atoms with Crippen molar-refractivity contribution in [1.29, 1.82) is 0 Å². The van der Waals surface area contributed by atoms with Crippen molar-refractivity contribution in [1.82, 2.24) is 10.2 Å². The molecule has 2 amide bonds. The third-order valence-corrected chi connectivity index (χ3v) is 8.21. The Bertz CT molecular complexity index is 1100. The number of hydrogen-bond donors (Lipinski definition) is 1. The zero-order valence-corrected chi connectivity index (χ0v) is 26.8. The number of benzene rings is 2. The minimum atomic E-state index is -0.418. The predicted octanol–water partition coefficient (Wildman–Crippen LogP) is 8.53. The van der Waals surface area contributed by atoms with E-state index in [4.69, 9.17) is 14.2 Å². The number of nitrogens with one attached hydrogen (secondary N) is 1. The van der Waals surface area contributed by atoms with Crippen LogP contribution in [0.15, 0.2) is 54.6 Å². The van der Waals surface area contributed by atoms with Gasteiger partial charge >= 0.3 is 18.2 Å². The van der Waals surface area contributed by atoms with Crippen LogP contribution in [0.1, 0.15) is 97.3 Å². The van der Waals surface area contributed by atoms with Crippen LogP contribution in [0.2, 0.25) is 0 Å². The van der Waals surface area contributed by atoms with Crippen molar-refractivity contribution in [3.8, 4) is 16.9 Å². The van der Waals surface area contributed by atoms with Gasteiger partial charge in [-0.25, -0.2) is 9.59 Å². The molecule has 2 aromatic rings. The van der Waals surface area contributed by atoms with Crippen molar-refractivity contribution < 1.29 is 28.6 Å². The highest BCUT2D eigenvalue weighted by atomic mass is 16.6. The van der Waals surface area contributed by atoms with Gasteiger partial charge in [0.1, 0.15) is 11.9 Å². The summed E-state index contributed by atoms with van der Waals surface area (Å²) < 4.78 is 16.6. The molecule has 8 nitrogen and oxygen atoms in total. The number of carbonyl (C=O) groups excluding carboxylic acids is 3. The number of alkyl carbamates (subject to hydrolysis) is 1. The topological polar surface area (TPSA) is 94.2 Å². The Kier molecular flexibility index (Phi) is 16.2. The Morgan fingerprint density at radius 3 is 2.18 bits per heavy atom. The van der Waals surface area contributed by atoms with Crippen LogP contribution in [0.3, 0.4) is 0 Å². The molecule has 1 unspecified atom stereocenters. The molecule has 0 saturated carbocycles. The molecule has 0 aromatic heterocycles. The average Bonchev–Trinajstić information content (AvgIpc) is 3.05. The molecule has 0 aliphatic carbocycles. The maximum Gasteiger partial charge on any atom is 0.415 e. The van der Waals surface area contributed by atoms with Crippen LogP contribution in [0.5, 0.6) is 5.75 Å². The van der Waals surface area contributed by atoms with Crippen molar-refractivity contribution >= 4 is 18.2 Å². The van der Waals surface area contributed by atoms with Crippen LogP contribution in [0, 0.1) is 5.92 Å². The fourth-order valence-corrected chi connectivity index (χ4v) is 5.41. The maximum absolute atomic E-state index is 12.6. The normalized spacial score (nSPS) is 14.1. The molecule has 1 atom stereocenters. The largest absolute Gasteiger partial charge is 0.465 e. The van der Waals surface area contributed by atoms with E-state index < -0.39 is 12.2 Å². The van der Waals surface area contributed by atoms with Gasteiger partial charge in [-0.15, -0.1) is 0 Å². The number of nitrogens with zero attached hydrogens (tertiary/aromatic N) is 1. The van der Waals surface area contributed by atoms with Gasteiger partial charge in [0.05, 0.1) is 12.5 Å². The van der Waals surface area contributed by atoms with Crippen LogP contribution in [-0.2, 0) is 14.3 Å². The highest BCUT2D eigenvalue weighted by Crippen LogP contribution is 2.23. The van der Waals surface area contributed by atoms with E-state index in [1.165, 1.54) is 25.7 Å². The Hall–Kier alpha value is -3.55. The summed E-state index contributed by atoms with van der Waals surface area (Å²) in [5.74, 6) is 0.474. The van der Waals surface area contributed by atoms with E-state index in [1.54, 1.807) is 17.0 Å². The van der Waals surface area contributed by atoms with Crippen molar-refractivity contribution in [3.63, 3.8) is 0 Å². The van der Waals surface area contributed by atoms with Gasteiger partial charge in [0, 0.05) is 32.5 Å². The van der Waals surface area contributed by atoms with Crippen LogP contribution in [0.25, 0.3) is 11.1 Å². The maximum atomic E-state index is 12.6. The van der Waals surface area contributed by atoms with Crippen molar-refractivity contribution in [2.45, 2.75) is 103 Å². The second-order valence-electron chi connectivity index (χ2n) is 11.7. The number of hydrogen-bond acceptors (Lipinski definition) is 6. The van der Waals surface area contributed by atoms with Crippen molar-refractivity contribution in [2.24, 2.45) is 5.92 Å². The highest BCUT2D eigenvalue weighted by molar-refractivity contribution is 5.72. The number of ether oxygens (including phenoxy) is 3. The predicted molar refractivity (Wildman–Crippen MR) is 174 cm³/mol. The minimum Gasteiger partial charge on any atom is -0.465 e. The SMILES string of the molecule is CCCCCCCC(CC)C(=O)OCCCCCCNC(=O)OC1CCN(C(=O)Oc2ccc(-c3ccccc3)cc2)CC1. The number of carbonyl (C=O) groups is 3. The molecule has 2 aromatic carbocycles. The smallest absolute Gasteiger partial charge is 0.415 e. The summed E-state index contributed by atoms with van der Waals surface area (Å²) in [5.41, 5.74) is 2.17. The number of piperidine rings is 1. The first-order valence-electron chi connectivity index (χ1n) is 16.7. The number of esters is 1. The fraction of sp³-hybridized carbons (Fsp3) is 0.583. The van der Waals surface area contributed by atoms with Crippen LogP contribution < -0.4 is 10.1 Å². The van der Waals surface area contributed by atoms with E-state index in [-0.39, 0.29) is 18.0 Å². The third kappa shape index (κ3) is 13.0. The molecule has 242 valence electrons. The molecular formula is C36H52N2O6. The molecule has 1 N–H and O–H groups in total. The highest BCUT2D eigenvalue weighted by Gasteiger charge is 2.26. The van der Waals surface area contributed by atoms with Gasteiger partial charge in [-0.05, 0) is 55.4 Å². The van der Waals surface area contributed by atoms with Crippen molar-refractivity contribution in [3.05, 3.63) is 54.6 Å². The van der Waals surface area contributed by atoms with Gasteiger partial charge in [0.25, 0.3) is 0 Å². The fourth-order valence-electron chi connectivity index (χ4n) is 5.41. The molecule has 44 heavy (non-hydrogen) atoms. The second-order valence-corrected chi connectivity index (χ2v) is 11.7. The standard InChI is InChI=1S/C36H52N2O6/c1-3-5-6-7-11-16-29(4-2)34(39)42-28-15-9-8-14-25-37-35(40)43-33-23-26-38(27-24-33)36(41)44-32-21-19-31(20-22-32)30-17-12-10-13-18-30/h10,12-13,17-22,29,33H,3-9,11,14-16,23-28H2,1-2H3,(H,37,40). The van der Waals surface area contributed by atoms with E-state index in [0.717, 1.165) is 56.1 Å². The van der Waals surface area contributed by atoms with Gasteiger partial charge < -0.3 is 24.4 Å². The van der Waals surface area contributed by atoms with Crippen molar-refractivity contribution in [2.75, 3.05) is 26.2 Å². The van der Waals surface area contributed by atoms with E-state index in [2.05, 4.69) is 19.2 Å². The van der Waals surface area contributed by atoms with E-state index >= 15 is 0 Å². The van der Waals surface area contributed by atoms with E-state index in [9.17, 15) is 14.4 Å². The monoisotopic (exact) mass is 608 g/mol. The molecule has 1 aliphatic heterocycles. The number of rotatable bonds is 18. The zero-order valence-electron chi connectivity index (χ0n) is 26.8. The summed E-state index contributed by atoms with van der Waals surface area (Å²) in [6, 6.07) is 17.5. The summed E-state index contributed by atoms with van der Waals surface area (Å²) >= 11 is 0. The van der Waals surface area contributed by atoms with Gasteiger partial charge in [-0.1, -0.05) is 94.8 Å². The number of likely N-dealkylation sites (tertiary alicyclic amines) is 1. The summed E-state index contributed by atoms with van der Waals surface area (Å²) in [5, 5.41) is 2.82. The number of unbranched alkanes of at least 4 members (excludes halogenated alkanes) is 7. The molecule has 8 heteroatoms. The minimum absolute atomic E-state index is 0.0244. The lowest BCUT2D eigenvalue weighted by Gasteiger charge is -2.30. The van der Waals surface area contributed by atoms with Gasteiger partial charge in [-0.2, -0.15) is 0 Å². The molecular weight excluding hydrogens is 556 g/mol. The van der Waals surface area contributed by atoms with Gasteiger partial charge in [-0.3, -0.25) is 4.79 Å². The van der Waals surface area contributed by atoms with Crippen LogP contribution in [0.4, 0.5) is 9.59 Å². The molecule has 1 saturated heterocycles. The first-order valence-corrected chi connectivity index (χ1v) is 16.7. The number of amides is 2. The Balaban J connectivity index is 1.19. The Labute approximate surface area is 263 Å². The zero-order chi connectivity index (χ0) is 31.4. The molecule has 3 rings (SSSR count). The summed E-state index contributed by atoms with van der Waals surface area (Å²) in [6.07, 6.45) is 11.5. The van der Waals surface area contributed by atoms with Gasteiger partial charge in [0.15, 0.2) is 0 Å². The molecule has 1 fully saturated rings. The first kappa shape index (κ1) is 34.9. The molecule has 0 bridgehead atoms.